The fraction of sp³-hybridized carbons (Fsp3) is 0.750. The molecule has 0 aromatic carbocycles. The maximum absolute atomic E-state index is 10.7. The lowest BCUT2D eigenvalue weighted by molar-refractivity contribution is -0.145. The Kier molecular flexibility index (Phi) is 3.55. The monoisotopic (exact) mass is 169 g/mol. The number of nitrogens with zero attached hydrogens (tertiary/aromatic N) is 1. The molecule has 0 saturated carbocycles. The van der Waals surface area contributed by atoms with Crippen LogP contribution in [-0.4, -0.2) is 25.3 Å². The molecule has 4 heteroatoms. The molecule has 0 amide bonds. The summed E-state index contributed by atoms with van der Waals surface area (Å²) in [6.45, 7) is 1.04. The van der Waals surface area contributed by atoms with Gasteiger partial charge in [-0.05, 0) is 12.8 Å². The molecule has 0 aliphatic carbocycles. The van der Waals surface area contributed by atoms with E-state index in [4.69, 9.17) is 14.7 Å². The largest absolute Gasteiger partial charge is 0.462 e. The molecule has 0 aromatic heterocycles. The molecule has 0 aromatic rings. The molecule has 66 valence electrons. The Morgan fingerprint density at radius 3 is 3.17 bits per heavy atom. The van der Waals surface area contributed by atoms with Gasteiger partial charge in [0.15, 0.2) is 0 Å². The summed E-state index contributed by atoms with van der Waals surface area (Å²) in [5, 5.41) is 8.15. The van der Waals surface area contributed by atoms with E-state index in [1.165, 1.54) is 0 Å². The summed E-state index contributed by atoms with van der Waals surface area (Å²) in [6, 6.07) is 1.73. The number of nitriles is 1. The summed E-state index contributed by atoms with van der Waals surface area (Å²) in [6.07, 6.45) is 1.85. The minimum Gasteiger partial charge on any atom is -0.462 e. The first-order valence-corrected chi connectivity index (χ1v) is 3.97. The first kappa shape index (κ1) is 9.01. The molecule has 1 atom stereocenters. The standard InChI is InChI=1S/C8H11NO3/c9-4-3-8(10)12-6-7-2-1-5-11-7/h7H,1-3,5-6H2. The van der Waals surface area contributed by atoms with Crippen LogP contribution >= 0.6 is 0 Å². The van der Waals surface area contributed by atoms with E-state index >= 15 is 0 Å². The lowest BCUT2D eigenvalue weighted by atomic mass is 10.2. The highest BCUT2D eigenvalue weighted by atomic mass is 16.6. The fourth-order valence-electron chi connectivity index (χ4n) is 1.08. The fourth-order valence-corrected chi connectivity index (χ4v) is 1.08. The topological polar surface area (TPSA) is 59.3 Å². The van der Waals surface area contributed by atoms with Gasteiger partial charge in [0.25, 0.3) is 0 Å². The van der Waals surface area contributed by atoms with Gasteiger partial charge in [-0.2, -0.15) is 5.26 Å². The second-order valence-corrected chi connectivity index (χ2v) is 2.65. The highest BCUT2D eigenvalue weighted by molar-refractivity contribution is 5.71. The molecule has 1 fully saturated rings. The Bertz CT molecular complexity index is 191. The Labute approximate surface area is 71.1 Å². The average molecular weight is 169 g/mol. The van der Waals surface area contributed by atoms with Crippen molar-refractivity contribution in [1.82, 2.24) is 0 Å². The van der Waals surface area contributed by atoms with Gasteiger partial charge in [0, 0.05) is 6.61 Å². The molecule has 1 rings (SSSR count). The predicted molar refractivity (Wildman–Crippen MR) is 40.2 cm³/mol. The SMILES string of the molecule is N#CCC(=O)OCC1CCCO1. The van der Waals surface area contributed by atoms with Crippen LogP contribution in [0.4, 0.5) is 0 Å². The highest BCUT2D eigenvalue weighted by Crippen LogP contribution is 2.11. The van der Waals surface area contributed by atoms with Crippen molar-refractivity contribution in [2.24, 2.45) is 0 Å². The molecular weight excluding hydrogens is 158 g/mol. The Morgan fingerprint density at radius 2 is 2.58 bits per heavy atom. The Morgan fingerprint density at radius 1 is 1.75 bits per heavy atom. The van der Waals surface area contributed by atoms with E-state index in [1.54, 1.807) is 6.07 Å². The molecule has 0 spiro atoms. The lowest BCUT2D eigenvalue weighted by Crippen LogP contribution is -2.17. The number of hydrogen-bond acceptors (Lipinski definition) is 4. The third kappa shape index (κ3) is 2.89. The zero-order valence-corrected chi connectivity index (χ0v) is 6.78. The van der Waals surface area contributed by atoms with Gasteiger partial charge in [-0.1, -0.05) is 0 Å². The molecule has 1 aliphatic rings. The van der Waals surface area contributed by atoms with Crippen molar-refractivity contribution in [3.8, 4) is 6.07 Å². The van der Waals surface area contributed by atoms with Crippen LogP contribution in [-0.2, 0) is 14.3 Å². The third-order valence-corrected chi connectivity index (χ3v) is 1.68. The van der Waals surface area contributed by atoms with Gasteiger partial charge in [0.1, 0.15) is 13.0 Å². The average Bonchev–Trinajstić information content (AvgIpc) is 2.53. The van der Waals surface area contributed by atoms with Gasteiger partial charge < -0.3 is 9.47 Å². The van der Waals surface area contributed by atoms with E-state index < -0.39 is 5.97 Å². The minimum atomic E-state index is -0.465. The van der Waals surface area contributed by atoms with Gasteiger partial charge in [0.05, 0.1) is 12.2 Å². The van der Waals surface area contributed by atoms with Gasteiger partial charge in [-0.15, -0.1) is 0 Å². The Balaban J connectivity index is 2.08. The molecular formula is C8H11NO3. The van der Waals surface area contributed by atoms with E-state index in [0.717, 1.165) is 19.4 Å². The van der Waals surface area contributed by atoms with Crippen LogP contribution in [0.1, 0.15) is 19.3 Å². The highest BCUT2D eigenvalue weighted by Gasteiger charge is 2.16. The second kappa shape index (κ2) is 4.73. The summed E-state index contributed by atoms with van der Waals surface area (Å²) < 4.78 is 10.0. The first-order valence-electron chi connectivity index (χ1n) is 3.97. The smallest absolute Gasteiger partial charge is 0.320 e. The van der Waals surface area contributed by atoms with E-state index in [-0.39, 0.29) is 12.5 Å². The summed E-state index contributed by atoms with van der Waals surface area (Å²) in [5.74, 6) is -0.465. The van der Waals surface area contributed by atoms with Gasteiger partial charge in [-0.25, -0.2) is 0 Å². The van der Waals surface area contributed by atoms with Crippen molar-refractivity contribution in [3.63, 3.8) is 0 Å². The Hall–Kier alpha value is -1.08. The van der Waals surface area contributed by atoms with E-state index in [1.807, 2.05) is 0 Å². The van der Waals surface area contributed by atoms with E-state index in [2.05, 4.69) is 0 Å². The lowest BCUT2D eigenvalue weighted by Gasteiger charge is -2.08. The van der Waals surface area contributed by atoms with Crippen molar-refractivity contribution < 1.29 is 14.3 Å². The van der Waals surface area contributed by atoms with Crippen LogP contribution in [0.5, 0.6) is 0 Å². The molecule has 4 nitrogen and oxygen atoms in total. The third-order valence-electron chi connectivity index (χ3n) is 1.68. The van der Waals surface area contributed by atoms with Crippen molar-refractivity contribution in [2.45, 2.75) is 25.4 Å². The van der Waals surface area contributed by atoms with Gasteiger partial charge >= 0.3 is 5.97 Å². The number of rotatable bonds is 3. The molecule has 1 heterocycles. The summed E-state index contributed by atoms with van der Waals surface area (Å²) >= 11 is 0. The van der Waals surface area contributed by atoms with E-state index in [0.29, 0.717) is 6.61 Å². The molecule has 0 N–H and O–H groups in total. The molecule has 1 saturated heterocycles. The number of ether oxygens (including phenoxy) is 2. The van der Waals surface area contributed by atoms with Crippen molar-refractivity contribution >= 4 is 5.97 Å². The van der Waals surface area contributed by atoms with Crippen LogP contribution in [0, 0.1) is 11.3 Å². The first-order chi connectivity index (χ1) is 5.83. The maximum atomic E-state index is 10.7. The number of carbonyl (C=O) groups excluding carboxylic acids is 1. The van der Waals surface area contributed by atoms with Gasteiger partial charge in [0.2, 0.25) is 0 Å². The van der Waals surface area contributed by atoms with E-state index in [9.17, 15) is 4.79 Å². The molecule has 0 radical (unpaired) electrons. The molecule has 0 bridgehead atoms. The maximum Gasteiger partial charge on any atom is 0.320 e. The van der Waals surface area contributed by atoms with Crippen molar-refractivity contribution in [3.05, 3.63) is 0 Å². The van der Waals surface area contributed by atoms with Crippen molar-refractivity contribution in [2.75, 3.05) is 13.2 Å². The molecule has 1 unspecified atom stereocenters. The summed E-state index contributed by atoms with van der Waals surface area (Å²) in [4.78, 5) is 10.7. The molecule has 12 heavy (non-hydrogen) atoms. The normalized spacial score (nSPS) is 21.8. The minimum absolute atomic E-state index is 0.0487. The van der Waals surface area contributed by atoms with Crippen LogP contribution in [0.2, 0.25) is 0 Å². The number of carbonyl (C=O) groups is 1. The zero-order chi connectivity index (χ0) is 8.81. The van der Waals surface area contributed by atoms with Crippen molar-refractivity contribution in [1.29, 1.82) is 5.26 Å². The number of hydrogen-bond donors (Lipinski definition) is 0. The molecule has 1 aliphatic heterocycles. The predicted octanol–water partition coefficient (Wildman–Crippen LogP) is 0.622. The van der Waals surface area contributed by atoms with Crippen LogP contribution in [0.15, 0.2) is 0 Å². The number of esters is 1. The van der Waals surface area contributed by atoms with Crippen LogP contribution in [0.3, 0.4) is 0 Å². The summed E-state index contributed by atoms with van der Waals surface area (Å²) in [7, 11) is 0. The van der Waals surface area contributed by atoms with Crippen LogP contribution in [0.25, 0.3) is 0 Å². The zero-order valence-electron chi connectivity index (χ0n) is 6.78. The quantitative estimate of drug-likeness (QED) is 0.581. The summed E-state index contributed by atoms with van der Waals surface area (Å²) in [5.41, 5.74) is 0. The van der Waals surface area contributed by atoms with Gasteiger partial charge in [-0.3, -0.25) is 4.79 Å². The van der Waals surface area contributed by atoms with Crippen LogP contribution < -0.4 is 0 Å². The second-order valence-electron chi connectivity index (χ2n) is 2.65.